The Bertz CT molecular complexity index is 768. The third-order valence-electron chi connectivity index (χ3n) is 3.43. The Balaban J connectivity index is 1.65. The standard InChI is InChI=1S/C18H17NO4S/c20-11-16(17-7-2-8-22-17)19-18(21)13-4-1-5-14(10-13)23-12-15-6-3-9-24-15/h1-10,16,20H,11-12H2,(H,19,21). The summed E-state index contributed by atoms with van der Waals surface area (Å²) in [4.78, 5) is 13.5. The lowest BCUT2D eigenvalue weighted by atomic mass is 10.1. The quantitative estimate of drug-likeness (QED) is 0.690. The molecule has 2 heterocycles. The SMILES string of the molecule is O=C(NC(CO)c1ccco1)c1cccc(OCc2cccs2)c1. The molecule has 3 rings (SSSR count). The van der Waals surface area contributed by atoms with E-state index in [1.54, 1.807) is 47.7 Å². The van der Waals surface area contributed by atoms with E-state index in [-0.39, 0.29) is 12.5 Å². The predicted molar refractivity (Wildman–Crippen MR) is 91.1 cm³/mol. The van der Waals surface area contributed by atoms with Gasteiger partial charge in [-0.1, -0.05) is 12.1 Å². The molecule has 124 valence electrons. The molecule has 3 aromatic rings. The Morgan fingerprint density at radius 2 is 2.17 bits per heavy atom. The fourth-order valence-electron chi connectivity index (χ4n) is 2.21. The van der Waals surface area contributed by atoms with E-state index in [2.05, 4.69) is 5.32 Å². The number of hydrogen-bond acceptors (Lipinski definition) is 5. The van der Waals surface area contributed by atoms with Crippen LogP contribution >= 0.6 is 11.3 Å². The van der Waals surface area contributed by atoms with Crippen LogP contribution in [0.1, 0.15) is 27.0 Å². The second-order valence-corrected chi connectivity index (χ2v) is 6.15. The van der Waals surface area contributed by atoms with Crippen LogP contribution < -0.4 is 10.1 Å². The zero-order chi connectivity index (χ0) is 16.8. The number of carbonyl (C=O) groups excluding carboxylic acids is 1. The molecular weight excluding hydrogens is 326 g/mol. The first-order valence-corrected chi connectivity index (χ1v) is 8.34. The number of amides is 1. The van der Waals surface area contributed by atoms with Crippen molar-refractivity contribution in [1.82, 2.24) is 5.32 Å². The van der Waals surface area contributed by atoms with Crippen molar-refractivity contribution in [2.75, 3.05) is 6.61 Å². The lowest BCUT2D eigenvalue weighted by Gasteiger charge is -2.14. The molecule has 24 heavy (non-hydrogen) atoms. The topological polar surface area (TPSA) is 71.7 Å². The zero-order valence-electron chi connectivity index (χ0n) is 12.8. The van der Waals surface area contributed by atoms with Gasteiger partial charge in [0.15, 0.2) is 0 Å². The number of nitrogens with one attached hydrogen (secondary N) is 1. The summed E-state index contributed by atoms with van der Waals surface area (Å²) in [7, 11) is 0. The first kappa shape index (κ1) is 16.3. The molecule has 0 fully saturated rings. The molecule has 1 atom stereocenters. The highest BCUT2D eigenvalue weighted by Gasteiger charge is 2.17. The van der Waals surface area contributed by atoms with Crippen molar-refractivity contribution in [2.45, 2.75) is 12.6 Å². The minimum absolute atomic E-state index is 0.242. The number of thiophene rings is 1. The second-order valence-electron chi connectivity index (χ2n) is 5.12. The summed E-state index contributed by atoms with van der Waals surface area (Å²) >= 11 is 1.62. The average Bonchev–Trinajstić information content (AvgIpc) is 3.31. The highest BCUT2D eigenvalue weighted by Crippen LogP contribution is 2.18. The average molecular weight is 343 g/mol. The first-order chi connectivity index (χ1) is 11.8. The Morgan fingerprint density at radius 3 is 2.88 bits per heavy atom. The maximum absolute atomic E-state index is 12.4. The minimum atomic E-state index is -0.580. The molecule has 0 radical (unpaired) electrons. The van der Waals surface area contributed by atoms with E-state index in [1.807, 2.05) is 17.5 Å². The van der Waals surface area contributed by atoms with Crippen LogP contribution in [0.25, 0.3) is 0 Å². The van der Waals surface area contributed by atoms with Crippen LogP contribution in [-0.4, -0.2) is 17.6 Å². The van der Waals surface area contributed by atoms with Gasteiger partial charge >= 0.3 is 0 Å². The Morgan fingerprint density at radius 1 is 1.25 bits per heavy atom. The van der Waals surface area contributed by atoms with Crippen LogP contribution in [0.3, 0.4) is 0 Å². The van der Waals surface area contributed by atoms with Gasteiger partial charge < -0.3 is 19.6 Å². The summed E-state index contributed by atoms with van der Waals surface area (Å²) in [5, 5.41) is 14.2. The number of carbonyl (C=O) groups is 1. The van der Waals surface area contributed by atoms with Gasteiger partial charge in [0.1, 0.15) is 24.2 Å². The molecule has 2 N–H and O–H groups in total. The molecule has 0 spiro atoms. The summed E-state index contributed by atoms with van der Waals surface area (Å²) in [6.07, 6.45) is 1.50. The van der Waals surface area contributed by atoms with Gasteiger partial charge in [0.05, 0.1) is 12.9 Å². The third kappa shape index (κ3) is 4.04. The van der Waals surface area contributed by atoms with Crippen molar-refractivity contribution in [3.8, 4) is 5.75 Å². The summed E-state index contributed by atoms with van der Waals surface area (Å²) in [6, 6.07) is 13.8. The molecule has 0 aliphatic heterocycles. The molecule has 5 nitrogen and oxygen atoms in total. The monoisotopic (exact) mass is 343 g/mol. The largest absolute Gasteiger partial charge is 0.488 e. The third-order valence-corrected chi connectivity index (χ3v) is 4.28. The minimum Gasteiger partial charge on any atom is -0.488 e. The van der Waals surface area contributed by atoms with E-state index < -0.39 is 6.04 Å². The van der Waals surface area contributed by atoms with E-state index in [0.717, 1.165) is 4.88 Å². The van der Waals surface area contributed by atoms with Crippen molar-refractivity contribution in [2.24, 2.45) is 0 Å². The van der Waals surface area contributed by atoms with Gasteiger partial charge in [-0.2, -0.15) is 0 Å². The first-order valence-electron chi connectivity index (χ1n) is 7.46. The fourth-order valence-corrected chi connectivity index (χ4v) is 2.83. The van der Waals surface area contributed by atoms with E-state index >= 15 is 0 Å². The molecule has 0 saturated carbocycles. The van der Waals surface area contributed by atoms with Gasteiger partial charge in [-0.3, -0.25) is 4.79 Å². The van der Waals surface area contributed by atoms with Crippen molar-refractivity contribution in [3.05, 3.63) is 76.4 Å². The summed E-state index contributed by atoms with van der Waals surface area (Å²) in [5.41, 5.74) is 0.462. The predicted octanol–water partition coefficient (Wildman–Crippen LogP) is 3.38. The maximum Gasteiger partial charge on any atom is 0.252 e. The Kier molecular flexibility index (Phi) is 5.30. The van der Waals surface area contributed by atoms with Gasteiger partial charge in [-0.25, -0.2) is 0 Å². The molecule has 1 amide bonds. The van der Waals surface area contributed by atoms with Crippen LogP contribution in [0.15, 0.2) is 64.6 Å². The highest BCUT2D eigenvalue weighted by molar-refractivity contribution is 7.09. The van der Waals surface area contributed by atoms with Crippen LogP contribution in [0, 0.1) is 0 Å². The van der Waals surface area contributed by atoms with Crippen molar-refractivity contribution >= 4 is 17.2 Å². The number of hydrogen-bond donors (Lipinski definition) is 2. The lowest BCUT2D eigenvalue weighted by Crippen LogP contribution is -2.30. The van der Waals surface area contributed by atoms with E-state index in [0.29, 0.717) is 23.7 Å². The number of rotatable bonds is 7. The molecule has 1 aromatic carbocycles. The van der Waals surface area contributed by atoms with Gasteiger partial charge in [0.25, 0.3) is 5.91 Å². The molecule has 2 aromatic heterocycles. The normalized spacial score (nSPS) is 11.9. The second kappa shape index (κ2) is 7.81. The number of aliphatic hydroxyl groups is 1. The van der Waals surface area contributed by atoms with Gasteiger partial charge in [-0.05, 0) is 41.8 Å². The number of aliphatic hydroxyl groups excluding tert-OH is 1. The molecular formula is C18H17NO4S. The highest BCUT2D eigenvalue weighted by atomic mass is 32.1. The zero-order valence-corrected chi connectivity index (χ0v) is 13.7. The van der Waals surface area contributed by atoms with Crippen molar-refractivity contribution < 1.29 is 19.1 Å². The molecule has 6 heteroatoms. The number of ether oxygens (including phenoxy) is 1. The maximum atomic E-state index is 12.4. The molecule has 0 aliphatic rings. The van der Waals surface area contributed by atoms with Crippen LogP contribution in [0.4, 0.5) is 0 Å². The molecule has 0 aliphatic carbocycles. The van der Waals surface area contributed by atoms with Crippen molar-refractivity contribution in [1.29, 1.82) is 0 Å². The summed E-state index contributed by atoms with van der Waals surface area (Å²) < 4.78 is 10.9. The van der Waals surface area contributed by atoms with Crippen LogP contribution in [0.5, 0.6) is 5.75 Å². The van der Waals surface area contributed by atoms with E-state index in [4.69, 9.17) is 9.15 Å². The van der Waals surface area contributed by atoms with Crippen LogP contribution in [0.2, 0.25) is 0 Å². The molecule has 0 saturated heterocycles. The smallest absolute Gasteiger partial charge is 0.252 e. The Labute approximate surface area is 143 Å². The molecule has 0 bridgehead atoms. The van der Waals surface area contributed by atoms with Gasteiger partial charge in [-0.15, -0.1) is 11.3 Å². The fraction of sp³-hybridized carbons (Fsp3) is 0.167. The number of benzene rings is 1. The summed E-state index contributed by atoms with van der Waals surface area (Å²) in [6.45, 7) is 0.224. The van der Waals surface area contributed by atoms with Gasteiger partial charge in [0.2, 0.25) is 0 Å². The number of furan rings is 1. The van der Waals surface area contributed by atoms with E-state index in [9.17, 15) is 9.90 Å². The molecule has 1 unspecified atom stereocenters. The Hall–Kier alpha value is -2.57. The lowest BCUT2D eigenvalue weighted by molar-refractivity contribution is 0.0907. The van der Waals surface area contributed by atoms with E-state index in [1.165, 1.54) is 6.26 Å². The van der Waals surface area contributed by atoms with Crippen LogP contribution in [-0.2, 0) is 6.61 Å². The summed E-state index contributed by atoms with van der Waals surface area (Å²) in [5.74, 6) is 0.831. The van der Waals surface area contributed by atoms with Gasteiger partial charge in [0, 0.05) is 10.4 Å². The van der Waals surface area contributed by atoms with Crippen molar-refractivity contribution in [3.63, 3.8) is 0 Å².